The molecule has 0 aliphatic carbocycles. The summed E-state index contributed by atoms with van der Waals surface area (Å²) >= 11 is 0. The Morgan fingerprint density at radius 2 is 0.906 bits per heavy atom. The van der Waals surface area contributed by atoms with Crippen LogP contribution in [0.25, 0.3) is 51.1 Å². The van der Waals surface area contributed by atoms with E-state index in [-0.39, 0.29) is 0 Å². The van der Waals surface area contributed by atoms with Gasteiger partial charge in [0.2, 0.25) is 0 Å². The van der Waals surface area contributed by atoms with Crippen molar-refractivity contribution in [3.8, 4) is 45.0 Å². The monoisotopic (exact) mass is 410 g/mol. The normalized spacial score (nSPS) is 10.6. The molecule has 1 heterocycles. The Morgan fingerprint density at radius 1 is 0.469 bits per heavy atom. The number of rotatable bonds is 5. The molecule has 5 rings (SSSR count). The van der Waals surface area contributed by atoms with Gasteiger partial charge in [0, 0.05) is 16.7 Å². The third-order valence-corrected chi connectivity index (χ3v) is 5.49. The fourth-order valence-electron chi connectivity index (χ4n) is 3.71. The minimum Gasteiger partial charge on any atom is -0.228 e. The fraction of sp³-hybridized carbons (Fsp3) is 0. The molecular weight excluding hydrogens is 388 g/mol. The Hall–Kier alpha value is -4.30. The van der Waals surface area contributed by atoms with Crippen molar-refractivity contribution in [1.82, 2.24) is 9.97 Å². The number of hydrogen-bond acceptors (Lipinski definition) is 2. The predicted molar refractivity (Wildman–Crippen MR) is 134 cm³/mol. The van der Waals surface area contributed by atoms with Crippen molar-refractivity contribution in [3.63, 3.8) is 0 Å². The second kappa shape index (κ2) is 8.83. The first-order valence-corrected chi connectivity index (χ1v) is 10.6. The standard InChI is InChI=1S/C30H22N2/c1-2-22-13-15-23(16-14-22)24-17-19-27(20-18-24)30-31-28(25-9-5-3-6-10-25)21-29(32-30)26-11-7-4-8-12-26/h2-21H,1H2. The topological polar surface area (TPSA) is 25.8 Å². The molecule has 1 aromatic heterocycles. The van der Waals surface area contributed by atoms with Gasteiger partial charge < -0.3 is 0 Å². The maximum atomic E-state index is 4.90. The first kappa shape index (κ1) is 19.7. The average molecular weight is 411 g/mol. The Kier molecular flexibility index (Phi) is 5.42. The summed E-state index contributed by atoms with van der Waals surface area (Å²) in [6.07, 6.45) is 1.86. The predicted octanol–water partition coefficient (Wildman–Crippen LogP) is 7.79. The summed E-state index contributed by atoms with van der Waals surface area (Å²) < 4.78 is 0. The van der Waals surface area contributed by atoms with Crippen LogP contribution in [0.15, 0.2) is 122 Å². The molecule has 4 aromatic carbocycles. The minimum absolute atomic E-state index is 0.721. The molecule has 2 heteroatoms. The highest BCUT2D eigenvalue weighted by Crippen LogP contribution is 2.29. The maximum Gasteiger partial charge on any atom is 0.160 e. The Balaban J connectivity index is 1.56. The van der Waals surface area contributed by atoms with Crippen molar-refractivity contribution in [3.05, 3.63) is 127 Å². The quantitative estimate of drug-likeness (QED) is 0.295. The average Bonchev–Trinajstić information content (AvgIpc) is 2.89. The van der Waals surface area contributed by atoms with E-state index in [1.165, 1.54) is 5.56 Å². The van der Waals surface area contributed by atoms with Crippen LogP contribution in [-0.4, -0.2) is 9.97 Å². The molecule has 0 unspecified atom stereocenters. The van der Waals surface area contributed by atoms with Gasteiger partial charge in [-0.05, 0) is 22.8 Å². The molecule has 152 valence electrons. The Labute approximate surface area is 188 Å². The molecule has 0 aliphatic rings. The SMILES string of the molecule is C=Cc1ccc(-c2ccc(-c3nc(-c4ccccc4)cc(-c4ccccc4)n3)cc2)cc1. The van der Waals surface area contributed by atoms with E-state index in [1.54, 1.807) is 0 Å². The van der Waals surface area contributed by atoms with Gasteiger partial charge in [-0.3, -0.25) is 0 Å². The zero-order valence-electron chi connectivity index (χ0n) is 17.6. The molecule has 2 nitrogen and oxygen atoms in total. The second-order valence-electron chi connectivity index (χ2n) is 7.60. The zero-order valence-corrected chi connectivity index (χ0v) is 17.6. The molecule has 0 fully saturated rings. The van der Waals surface area contributed by atoms with Crippen LogP contribution < -0.4 is 0 Å². The van der Waals surface area contributed by atoms with Crippen LogP contribution in [0.2, 0.25) is 0 Å². The van der Waals surface area contributed by atoms with E-state index in [0.29, 0.717) is 0 Å². The van der Waals surface area contributed by atoms with Gasteiger partial charge in [0.1, 0.15) is 0 Å². The first-order chi connectivity index (χ1) is 15.8. The van der Waals surface area contributed by atoms with Gasteiger partial charge in [-0.2, -0.15) is 0 Å². The smallest absolute Gasteiger partial charge is 0.160 e. The fourth-order valence-corrected chi connectivity index (χ4v) is 3.71. The highest BCUT2D eigenvalue weighted by Gasteiger charge is 2.10. The Morgan fingerprint density at radius 3 is 1.38 bits per heavy atom. The number of hydrogen-bond donors (Lipinski definition) is 0. The molecule has 5 aromatic rings. The summed E-state index contributed by atoms with van der Waals surface area (Å²) in [6, 6.07) is 39.4. The van der Waals surface area contributed by atoms with Crippen molar-refractivity contribution < 1.29 is 0 Å². The van der Waals surface area contributed by atoms with Crippen molar-refractivity contribution >= 4 is 6.08 Å². The summed E-state index contributed by atoms with van der Waals surface area (Å²) in [5, 5.41) is 0. The summed E-state index contributed by atoms with van der Waals surface area (Å²) in [5.41, 5.74) is 8.42. The van der Waals surface area contributed by atoms with E-state index in [0.717, 1.165) is 45.0 Å². The molecule has 0 N–H and O–H groups in total. The van der Waals surface area contributed by atoms with Crippen molar-refractivity contribution in [2.24, 2.45) is 0 Å². The van der Waals surface area contributed by atoms with Crippen LogP contribution in [0.3, 0.4) is 0 Å². The lowest BCUT2D eigenvalue weighted by Crippen LogP contribution is -1.95. The van der Waals surface area contributed by atoms with E-state index in [9.17, 15) is 0 Å². The number of aromatic nitrogens is 2. The van der Waals surface area contributed by atoms with E-state index < -0.39 is 0 Å². The zero-order chi connectivity index (χ0) is 21.8. The molecule has 0 amide bonds. The molecule has 32 heavy (non-hydrogen) atoms. The lowest BCUT2D eigenvalue weighted by molar-refractivity contribution is 1.18. The van der Waals surface area contributed by atoms with Crippen molar-refractivity contribution in [1.29, 1.82) is 0 Å². The van der Waals surface area contributed by atoms with Crippen LogP contribution in [-0.2, 0) is 0 Å². The van der Waals surface area contributed by atoms with Crippen LogP contribution >= 0.6 is 0 Å². The molecule has 0 aliphatic heterocycles. The van der Waals surface area contributed by atoms with E-state index in [1.807, 2.05) is 42.5 Å². The van der Waals surface area contributed by atoms with E-state index in [2.05, 4.69) is 85.4 Å². The van der Waals surface area contributed by atoms with Gasteiger partial charge in [-0.1, -0.05) is 122 Å². The van der Waals surface area contributed by atoms with E-state index >= 15 is 0 Å². The third-order valence-electron chi connectivity index (χ3n) is 5.49. The lowest BCUT2D eigenvalue weighted by atomic mass is 10.0. The largest absolute Gasteiger partial charge is 0.228 e. The molecule has 0 spiro atoms. The molecule has 0 atom stereocenters. The van der Waals surface area contributed by atoms with E-state index in [4.69, 9.17) is 9.97 Å². The van der Waals surface area contributed by atoms with Crippen molar-refractivity contribution in [2.45, 2.75) is 0 Å². The summed E-state index contributed by atoms with van der Waals surface area (Å²) in [4.78, 5) is 9.80. The number of benzene rings is 4. The summed E-state index contributed by atoms with van der Waals surface area (Å²) in [5.74, 6) is 0.721. The molecular formula is C30H22N2. The van der Waals surface area contributed by atoms with Gasteiger partial charge in [-0.25, -0.2) is 9.97 Å². The molecule has 0 bridgehead atoms. The van der Waals surface area contributed by atoms with Crippen LogP contribution in [0.1, 0.15) is 5.56 Å². The molecule has 0 saturated carbocycles. The van der Waals surface area contributed by atoms with Gasteiger partial charge in [0.25, 0.3) is 0 Å². The minimum atomic E-state index is 0.721. The lowest BCUT2D eigenvalue weighted by Gasteiger charge is -2.10. The maximum absolute atomic E-state index is 4.90. The van der Waals surface area contributed by atoms with Gasteiger partial charge in [-0.15, -0.1) is 0 Å². The number of nitrogens with zero attached hydrogens (tertiary/aromatic N) is 2. The van der Waals surface area contributed by atoms with Gasteiger partial charge in [0.15, 0.2) is 5.82 Å². The molecule has 0 radical (unpaired) electrons. The van der Waals surface area contributed by atoms with Gasteiger partial charge >= 0.3 is 0 Å². The van der Waals surface area contributed by atoms with Gasteiger partial charge in [0.05, 0.1) is 11.4 Å². The summed E-state index contributed by atoms with van der Waals surface area (Å²) in [7, 11) is 0. The Bertz CT molecular complexity index is 1280. The third kappa shape index (κ3) is 4.12. The highest BCUT2D eigenvalue weighted by atomic mass is 14.9. The van der Waals surface area contributed by atoms with Crippen LogP contribution in [0.4, 0.5) is 0 Å². The van der Waals surface area contributed by atoms with Crippen LogP contribution in [0, 0.1) is 0 Å². The van der Waals surface area contributed by atoms with Crippen molar-refractivity contribution in [2.75, 3.05) is 0 Å². The molecule has 0 saturated heterocycles. The second-order valence-corrected chi connectivity index (χ2v) is 7.60. The highest BCUT2D eigenvalue weighted by molar-refractivity contribution is 5.73. The van der Waals surface area contributed by atoms with Crippen LogP contribution in [0.5, 0.6) is 0 Å². The first-order valence-electron chi connectivity index (χ1n) is 10.6. The summed E-state index contributed by atoms with van der Waals surface area (Å²) in [6.45, 7) is 3.82.